The third-order valence-electron chi connectivity index (χ3n) is 4.02. The zero-order valence-corrected chi connectivity index (χ0v) is 15.0. The molecule has 0 bridgehead atoms. The molecule has 132 valence electrons. The van der Waals surface area contributed by atoms with Crippen LogP contribution in [-0.4, -0.2) is 40.6 Å². The van der Waals surface area contributed by atoms with E-state index in [4.69, 9.17) is 9.47 Å². The number of fused-ring (bicyclic) bond motifs is 1. The van der Waals surface area contributed by atoms with Gasteiger partial charge in [-0.2, -0.15) is 9.61 Å². The first-order chi connectivity index (χ1) is 12.1. The van der Waals surface area contributed by atoms with Gasteiger partial charge in [0.1, 0.15) is 17.8 Å². The lowest BCUT2D eigenvalue weighted by molar-refractivity contribution is 0.393. The number of anilines is 1. The Morgan fingerprint density at radius 3 is 2.44 bits per heavy atom. The fourth-order valence-electron chi connectivity index (χ4n) is 2.61. The summed E-state index contributed by atoms with van der Waals surface area (Å²) in [5.41, 5.74) is 3.80. The van der Waals surface area contributed by atoms with Gasteiger partial charge in [-0.3, -0.25) is 0 Å². The number of nitrogens with zero attached hydrogens (tertiary/aromatic N) is 4. The second-order valence-corrected chi connectivity index (χ2v) is 6.13. The van der Waals surface area contributed by atoms with Gasteiger partial charge in [-0.05, 0) is 36.1 Å². The number of hydrogen-bond acceptors (Lipinski definition) is 6. The van der Waals surface area contributed by atoms with Crippen LogP contribution in [0, 0.1) is 0 Å². The van der Waals surface area contributed by atoms with Crippen molar-refractivity contribution in [1.29, 1.82) is 0 Å². The Kier molecular flexibility index (Phi) is 5.02. The molecule has 0 aliphatic rings. The van der Waals surface area contributed by atoms with Crippen LogP contribution in [0.2, 0.25) is 0 Å². The molecule has 0 saturated heterocycles. The highest BCUT2D eigenvalue weighted by atomic mass is 16.5. The fraction of sp³-hybridized carbons (Fsp3) is 0.389. The van der Waals surface area contributed by atoms with Crippen molar-refractivity contribution in [3.05, 3.63) is 41.9 Å². The number of hydrogen-bond donors (Lipinski definition) is 1. The Morgan fingerprint density at radius 1 is 1.08 bits per heavy atom. The maximum absolute atomic E-state index is 5.32. The van der Waals surface area contributed by atoms with E-state index in [-0.39, 0.29) is 0 Å². The van der Waals surface area contributed by atoms with Crippen LogP contribution in [0.5, 0.6) is 11.5 Å². The van der Waals surface area contributed by atoms with E-state index in [2.05, 4.69) is 34.5 Å². The molecular formula is C18H23N5O2. The van der Waals surface area contributed by atoms with E-state index in [9.17, 15) is 0 Å². The summed E-state index contributed by atoms with van der Waals surface area (Å²) in [6, 6.07) is 7.95. The van der Waals surface area contributed by atoms with E-state index in [0.29, 0.717) is 5.92 Å². The summed E-state index contributed by atoms with van der Waals surface area (Å²) < 4.78 is 12.4. The van der Waals surface area contributed by atoms with Crippen molar-refractivity contribution in [2.45, 2.75) is 26.2 Å². The van der Waals surface area contributed by atoms with Crippen LogP contribution >= 0.6 is 0 Å². The van der Waals surface area contributed by atoms with Crippen LogP contribution in [0.1, 0.15) is 31.0 Å². The third kappa shape index (κ3) is 3.81. The Balaban J connectivity index is 1.76. The van der Waals surface area contributed by atoms with Crippen LogP contribution in [0.15, 0.2) is 30.6 Å². The Hall–Kier alpha value is -2.83. The Morgan fingerprint density at radius 2 is 1.80 bits per heavy atom. The van der Waals surface area contributed by atoms with Crippen LogP contribution in [0.3, 0.4) is 0 Å². The van der Waals surface area contributed by atoms with E-state index in [1.807, 2.05) is 24.3 Å². The van der Waals surface area contributed by atoms with Crippen molar-refractivity contribution < 1.29 is 9.47 Å². The molecule has 0 aliphatic heterocycles. The second-order valence-electron chi connectivity index (χ2n) is 6.13. The predicted molar refractivity (Wildman–Crippen MR) is 96.6 cm³/mol. The molecule has 2 aromatic heterocycles. The summed E-state index contributed by atoms with van der Waals surface area (Å²) in [4.78, 5) is 0. The quantitative estimate of drug-likeness (QED) is 0.712. The summed E-state index contributed by atoms with van der Waals surface area (Å²) in [5.74, 6) is 1.91. The molecule has 1 aromatic carbocycles. The van der Waals surface area contributed by atoms with Gasteiger partial charge in [0, 0.05) is 12.6 Å². The number of aromatic nitrogens is 4. The van der Waals surface area contributed by atoms with Gasteiger partial charge in [0.2, 0.25) is 5.65 Å². The smallest absolute Gasteiger partial charge is 0.200 e. The first-order valence-corrected chi connectivity index (χ1v) is 8.27. The van der Waals surface area contributed by atoms with Crippen molar-refractivity contribution in [1.82, 2.24) is 19.8 Å². The average molecular weight is 341 g/mol. The van der Waals surface area contributed by atoms with E-state index < -0.39 is 0 Å². The van der Waals surface area contributed by atoms with Gasteiger partial charge in [-0.25, -0.2) is 0 Å². The minimum Gasteiger partial charge on any atom is -0.497 e. The minimum atomic E-state index is 0.329. The molecule has 3 aromatic rings. The van der Waals surface area contributed by atoms with Gasteiger partial charge >= 0.3 is 0 Å². The first-order valence-electron chi connectivity index (χ1n) is 8.27. The number of rotatable bonds is 7. The summed E-state index contributed by atoms with van der Waals surface area (Å²) in [7, 11) is 3.31. The lowest BCUT2D eigenvalue weighted by Crippen LogP contribution is -2.09. The van der Waals surface area contributed by atoms with Gasteiger partial charge in [-0.1, -0.05) is 13.8 Å². The highest BCUT2D eigenvalue weighted by molar-refractivity contribution is 5.66. The average Bonchev–Trinajstić information content (AvgIpc) is 3.10. The number of methoxy groups -OCH3 is 2. The molecule has 0 unspecified atom stereocenters. The van der Waals surface area contributed by atoms with E-state index in [1.54, 1.807) is 25.1 Å². The molecule has 0 saturated carbocycles. The molecule has 3 rings (SSSR count). The minimum absolute atomic E-state index is 0.329. The lowest BCUT2D eigenvalue weighted by atomic mass is 10.1. The number of ether oxygens (including phenoxy) is 2. The molecule has 0 amide bonds. The summed E-state index contributed by atoms with van der Waals surface area (Å²) in [6.07, 6.45) is 2.45. The topological polar surface area (TPSA) is 73.6 Å². The maximum Gasteiger partial charge on any atom is 0.200 e. The summed E-state index contributed by atoms with van der Waals surface area (Å²) >= 11 is 0. The molecule has 0 radical (unpaired) electrons. The van der Waals surface area contributed by atoms with Gasteiger partial charge in [0.25, 0.3) is 0 Å². The monoisotopic (exact) mass is 341 g/mol. The van der Waals surface area contributed by atoms with Gasteiger partial charge in [-0.15, -0.1) is 10.2 Å². The molecule has 0 atom stereocenters. The molecular weight excluding hydrogens is 318 g/mol. The largest absolute Gasteiger partial charge is 0.497 e. The Bertz CT molecular complexity index is 838. The van der Waals surface area contributed by atoms with Crippen LogP contribution < -0.4 is 14.8 Å². The molecule has 0 aliphatic carbocycles. The van der Waals surface area contributed by atoms with Crippen molar-refractivity contribution in [3.63, 3.8) is 0 Å². The molecule has 1 N–H and O–H groups in total. The van der Waals surface area contributed by atoms with Crippen LogP contribution in [0.4, 0.5) is 5.69 Å². The van der Waals surface area contributed by atoms with Crippen LogP contribution in [0.25, 0.3) is 5.65 Å². The Labute approximate surface area is 147 Å². The predicted octanol–water partition coefficient (Wildman–Crippen LogP) is 2.92. The normalized spacial score (nSPS) is 11.1. The van der Waals surface area contributed by atoms with Gasteiger partial charge in [0.05, 0.1) is 25.6 Å². The second kappa shape index (κ2) is 7.38. The third-order valence-corrected chi connectivity index (χ3v) is 4.02. The molecule has 25 heavy (non-hydrogen) atoms. The maximum atomic E-state index is 5.32. The van der Waals surface area contributed by atoms with Gasteiger partial charge in [0.15, 0.2) is 0 Å². The molecule has 7 nitrogen and oxygen atoms in total. The highest BCUT2D eigenvalue weighted by Gasteiger charge is 2.10. The van der Waals surface area contributed by atoms with E-state index in [0.717, 1.165) is 47.1 Å². The fourth-order valence-corrected chi connectivity index (χ4v) is 2.61. The van der Waals surface area contributed by atoms with Crippen LogP contribution in [-0.2, 0) is 6.42 Å². The van der Waals surface area contributed by atoms with Gasteiger partial charge < -0.3 is 14.8 Å². The highest BCUT2D eigenvalue weighted by Crippen LogP contribution is 2.23. The van der Waals surface area contributed by atoms with Crippen molar-refractivity contribution >= 4 is 11.3 Å². The zero-order valence-electron chi connectivity index (χ0n) is 15.0. The zero-order chi connectivity index (χ0) is 17.8. The lowest BCUT2D eigenvalue weighted by Gasteiger charge is -2.12. The summed E-state index contributed by atoms with van der Waals surface area (Å²) in [6.45, 7) is 4.98. The molecule has 0 fully saturated rings. The standard InChI is InChI=1S/C18H23N5O2/c1-12(2)16-10-17(18-21-20-11-23(18)22-16)19-6-5-13-7-14(24-3)9-15(8-13)25-4/h7-12,19H,5-6H2,1-4H3. The summed E-state index contributed by atoms with van der Waals surface area (Å²) in [5, 5.41) is 16.1. The van der Waals surface area contributed by atoms with E-state index >= 15 is 0 Å². The molecule has 7 heteroatoms. The number of nitrogens with one attached hydrogen (secondary N) is 1. The van der Waals surface area contributed by atoms with Crippen molar-refractivity contribution in [2.24, 2.45) is 0 Å². The van der Waals surface area contributed by atoms with E-state index in [1.165, 1.54) is 0 Å². The molecule has 2 heterocycles. The molecule has 0 spiro atoms. The van der Waals surface area contributed by atoms with Crippen molar-refractivity contribution in [2.75, 3.05) is 26.1 Å². The SMILES string of the molecule is COc1cc(CCNc2cc(C(C)C)nn3cnnc23)cc(OC)c1. The first kappa shape index (κ1) is 17.0. The number of benzene rings is 1. The van der Waals surface area contributed by atoms with Crippen molar-refractivity contribution in [3.8, 4) is 11.5 Å².